The van der Waals surface area contributed by atoms with Crippen LogP contribution in [0.3, 0.4) is 0 Å². The lowest BCUT2D eigenvalue weighted by atomic mass is 10.2. The number of nitrogens with zero attached hydrogens (tertiary/aromatic N) is 3. The number of benzene rings is 1. The highest BCUT2D eigenvalue weighted by Crippen LogP contribution is 2.50. The maximum absolute atomic E-state index is 12.7. The van der Waals surface area contributed by atoms with E-state index in [-0.39, 0.29) is 25.5 Å². The summed E-state index contributed by atoms with van der Waals surface area (Å²) in [4.78, 5) is 28.3. The van der Waals surface area contributed by atoms with Gasteiger partial charge < -0.3 is 23.3 Å². The molecule has 0 aliphatic carbocycles. The summed E-state index contributed by atoms with van der Waals surface area (Å²) in [5.74, 6) is -0.0769. The number of hydrogen-bond acceptors (Lipinski definition) is 10. The molecule has 0 unspecified atom stereocenters. The van der Waals surface area contributed by atoms with Gasteiger partial charge in [-0.05, 0) is 32.1 Å². The van der Waals surface area contributed by atoms with Gasteiger partial charge in [-0.3, -0.25) is 4.57 Å². The third-order valence-corrected chi connectivity index (χ3v) is 6.38. The summed E-state index contributed by atoms with van der Waals surface area (Å²) in [5, 5.41) is 4.08. The molecule has 1 aliphatic rings. The van der Waals surface area contributed by atoms with Gasteiger partial charge in [0.15, 0.2) is 12.3 Å². The third-order valence-electron chi connectivity index (χ3n) is 4.60. The van der Waals surface area contributed by atoms with E-state index in [4.69, 9.17) is 18.5 Å². The molecule has 1 aromatic heterocycles. The van der Waals surface area contributed by atoms with E-state index in [2.05, 4.69) is 14.8 Å². The van der Waals surface area contributed by atoms with Gasteiger partial charge in [0.2, 0.25) is 0 Å². The minimum atomic E-state index is -3.44. The Morgan fingerprint density at radius 1 is 1.18 bits per heavy atom. The highest BCUT2D eigenvalue weighted by molar-refractivity contribution is 7.57. The molecular formula is C21H26N3O8P. The predicted octanol–water partition coefficient (Wildman–Crippen LogP) is 3.36. The van der Waals surface area contributed by atoms with Crippen molar-refractivity contribution in [2.24, 2.45) is 0 Å². The van der Waals surface area contributed by atoms with Crippen molar-refractivity contribution in [2.45, 2.75) is 38.7 Å². The molecular weight excluding hydrogens is 453 g/mol. The highest BCUT2D eigenvalue weighted by Gasteiger charge is 2.40. The van der Waals surface area contributed by atoms with Gasteiger partial charge in [0.1, 0.15) is 6.33 Å². The van der Waals surface area contributed by atoms with Gasteiger partial charge in [0.25, 0.3) is 5.82 Å². The van der Waals surface area contributed by atoms with Crippen LogP contribution in [0.2, 0.25) is 0 Å². The van der Waals surface area contributed by atoms with Crippen molar-refractivity contribution in [2.75, 3.05) is 20.3 Å². The second kappa shape index (κ2) is 11.3. The van der Waals surface area contributed by atoms with E-state index in [0.29, 0.717) is 5.56 Å². The molecule has 0 spiro atoms. The summed E-state index contributed by atoms with van der Waals surface area (Å²) in [6.45, 7) is 3.85. The fourth-order valence-electron chi connectivity index (χ4n) is 3.18. The first kappa shape index (κ1) is 24.8. The molecule has 12 heteroatoms. The molecule has 0 N–H and O–H groups in total. The van der Waals surface area contributed by atoms with Crippen LogP contribution in [0, 0.1) is 0 Å². The molecule has 0 amide bonds. The Hall–Kier alpha value is -2.85. The van der Waals surface area contributed by atoms with E-state index in [1.807, 2.05) is 0 Å². The smallest absolute Gasteiger partial charge is 0.377 e. The van der Waals surface area contributed by atoms with Gasteiger partial charge in [0, 0.05) is 12.2 Å². The molecule has 1 aromatic carbocycles. The largest absolute Gasteiger partial charge is 0.463 e. The quantitative estimate of drug-likeness (QED) is 0.370. The fourth-order valence-corrected chi connectivity index (χ4v) is 4.55. The summed E-state index contributed by atoms with van der Waals surface area (Å²) in [6.07, 6.45) is 0.843. The summed E-state index contributed by atoms with van der Waals surface area (Å²) in [6, 6.07) is 8.51. The van der Waals surface area contributed by atoms with Crippen molar-refractivity contribution in [1.29, 1.82) is 0 Å². The number of carbonyl (C=O) groups excluding carboxylic acids is 2. The van der Waals surface area contributed by atoms with Crippen molar-refractivity contribution in [3.05, 3.63) is 59.9 Å². The molecule has 1 aliphatic heterocycles. The standard InChI is InChI=1S/C21H26N3O8P/c1-4-29-33(27,30-5-2)12-11-16-13-17(32-20(25)15-9-7-6-8-10-15)19(31-16)24-14-22-18(23-24)21(26)28-3/h6-12,14,16-17,19H,4-5,13H2,1-3H3/b12-11+/t16-,17-,19-/m1/s1. The normalized spacial score (nSPS) is 20.8. The second-order valence-electron chi connectivity index (χ2n) is 6.87. The first-order valence-corrected chi connectivity index (χ1v) is 12.0. The number of carbonyl (C=O) groups is 2. The zero-order valence-electron chi connectivity index (χ0n) is 18.5. The Balaban J connectivity index is 1.82. The molecule has 0 saturated carbocycles. The average Bonchev–Trinajstić information content (AvgIpc) is 3.45. The molecule has 178 valence electrons. The van der Waals surface area contributed by atoms with Gasteiger partial charge in [-0.25, -0.2) is 19.3 Å². The van der Waals surface area contributed by atoms with E-state index in [1.54, 1.807) is 50.3 Å². The van der Waals surface area contributed by atoms with Crippen molar-refractivity contribution < 1.29 is 37.4 Å². The van der Waals surface area contributed by atoms with Gasteiger partial charge >= 0.3 is 19.5 Å². The Bertz CT molecular complexity index is 1020. The highest BCUT2D eigenvalue weighted by atomic mass is 31.2. The molecule has 2 aromatic rings. The van der Waals surface area contributed by atoms with E-state index in [9.17, 15) is 14.2 Å². The molecule has 3 atom stereocenters. The lowest BCUT2D eigenvalue weighted by Gasteiger charge is -2.18. The number of rotatable bonds is 10. The Morgan fingerprint density at radius 2 is 1.88 bits per heavy atom. The van der Waals surface area contributed by atoms with Crippen LogP contribution in [0.25, 0.3) is 0 Å². The van der Waals surface area contributed by atoms with Crippen LogP contribution in [0.15, 0.2) is 48.6 Å². The minimum Gasteiger partial charge on any atom is -0.463 e. The maximum Gasteiger partial charge on any atom is 0.377 e. The van der Waals surface area contributed by atoms with E-state index in [1.165, 1.54) is 23.9 Å². The third kappa shape index (κ3) is 6.35. The van der Waals surface area contributed by atoms with Crippen LogP contribution in [-0.4, -0.2) is 59.2 Å². The SMILES string of the molecule is CCOP(=O)(/C=C/[C@@H]1C[C@@H](OC(=O)c2ccccc2)[C@H](n2cnc(C(=O)OC)n2)O1)OCC. The first-order valence-electron chi connectivity index (χ1n) is 10.4. The topological polar surface area (TPSA) is 128 Å². The van der Waals surface area contributed by atoms with Crippen LogP contribution in [0.4, 0.5) is 0 Å². The van der Waals surface area contributed by atoms with Crippen LogP contribution in [-0.2, 0) is 27.8 Å². The Morgan fingerprint density at radius 3 is 2.52 bits per heavy atom. The van der Waals surface area contributed by atoms with Gasteiger partial charge in [-0.1, -0.05) is 18.2 Å². The van der Waals surface area contributed by atoms with Gasteiger partial charge in [-0.2, -0.15) is 0 Å². The van der Waals surface area contributed by atoms with Crippen molar-refractivity contribution >= 4 is 19.5 Å². The zero-order chi connectivity index (χ0) is 23.8. The molecule has 3 rings (SSSR count). The summed E-state index contributed by atoms with van der Waals surface area (Å²) in [5.41, 5.74) is 0.376. The van der Waals surface area contributed by atoms with E-state index < -0.39 is 38.0 Å². The van der Waals surface area contributed by atoms with Gasteiger partial charge in [-0.15, -0.1) is 5.10 Å². The molecule has 1 saturated heterocycles. The summed E-state index contributed by atoms with van der Waals surface area (Å²) < 4.78 is 40.8. The molecule has 33 heavy (non-hydrogen) atoms. The lowest BCUT2D eigenvalue weighted by Crippen LogP contribution is -2.26. The van der Waals surface area contributed by atoms with Crippen molar-refractivity contribution in [3.8, 4) is 0 Å². The second-order valence-corrected chi connectivity index (χ2v) is 8.76. The number of esters is 2. The molecule has 0 bridgehead atoms. The molecule has 0 radical (unpaired) electrons. The van der Waals surface area contributed by atoms with Crippen LogP contribution < -0.4 is 0 Å². The summed E-state index contributed by atoms with van der Waals surface area (Å²) in [7, 11) is -2.22. The van der Waals surface area contributed by atoms with Gasteiger partial charge in [0.05, 0.1) is 32.0 Å². The zero-order valence-corrected chi connectivity index (χ0v) is 19.4. The maximum atomic E-state index is 12.7. The number of aromatic nitrogens is 3. The Kier molecular flexibility index (Phi) is 8.51. The van der Waals surface area contributed by atoms with Crippen molar-refractivity contribution in [3.63, 3.8) is 0 Å². The average molecular weight is 479 g/mol. The fraction of sp³-hybridized carbons (Fsp3) is 0.429. The first-order chi connectivity index (χ1) is 15.9. The van der Waals surface area contributed by atoms with E-state index >= 15 is 0 Å². The monoisotopic (exact) mass is 479 g/mol. The lowest BCUT2D eigenvalue weighted by molar-refractivity contribution is -0.0462. The molecule has 2 heterocycles. The number of methoxy groups -OCH3 is 1. The summed E-state index contributed by atoms with van der Waals surface area (Å²) >= 11 is 0. The van der Waals surface area contributed by atoms with Crippen LogP contribution in [0.5, 0.6) is 0 Å². The van der Waals surface area contributed by atoms with Crippen LogP contribution >= 0.6 is 7.60 Å². The Labute approximate surface area is 191 Å². The predicted molar refractivity (Wildman–Crippen MR) is 116 cm³/mol. The number of hydrogen-bond donors (Lipinski definition) is 0. The molecule has 1 fully saturated rings. The number of ether oxygens (including phenoxy) is 3. The minimum absolute atomic E-state index is 0.162. The van der Waals surface area contributed by atoms with E-state index in [0.717, 1.165) is 0 Å². The molecule has 11 nitrogen and oxygen atoms in total. The van der Waals surface area contributed by atoms with Crippen LogP contribution in [0.1, 0.15) is 47.5 Å². The van der Waals surface area contributed by atoms with Crippen molar-refractivity contribution in [1.82, 2.24) is 14.8 Å².